The molecule has 3 nitrogen and oxygen atoms in total. The summed E-state index contributed by atoms with van der Waals surface area (Å²) in [6.45, 7) is 2.12. The molecule has 0 atom stereocenters. The number of ketones is 1. The topological polar surface area (TPSA) is 34.9 Å². The van der Waals surface area contributed by atoms with Crippen molar-refractivity contribution >= 4 is 11.9 Å². The molecule has 1 heterocycles. The highest BCUT2D eigenvalue weighted by Crippen LogP contribution is 2.08. The Labute approximate surface area is 107 Å². The van der Waals surface area contributed by atoms with Crippen LogP contribution in [0.3, 0.4) is 0 Å². The second-order valence-corrected chi connectivity index (χ2v) is 4.13. The van der Waals surface area contributed by atoms with E-state index in [-0.39, 0.29) is 5.78 Å². The summed E-state index contributed by atoms with van der Waals surface area (Å²) in [5.74, 6) is -0.0328. The lowest BCUT2D eigenvalue weighted by Crippen LogP contribution is -2.03. The molecule has 0 amide bonds. The number of rotatable bonds is 4. The third-order valence-electron chi connectivity index (χ3n) is 2.89. The maximum absolute atomic E-state index is 11.9. The van der Waals surface area contributed by atoms with Crippen LogP contribution in [0.4, 0.5) is 0 Å². The summed E-state index contributed by atoms with van der Waals surface area (Å²) in [4.78, 5) is 11.9. The third-order valence-corrected chi connectivity index (χ3v) is 2.89. The molecule has 92 valence electrons. The van der Waals surface area contributed by atoms with Crippen molar-refractivity contribution in [2.24, 2.45) is 7.05 Å². The third kappa shape index (κ3) is 2.74. The molecule has 18 heavy (non-hydrogen) atoms. The van der Waals surface area contributed by atoms with Crippen LogP contribution >= 0.6 is 0 Å². The van der Waals surface area contributed by atoms with Crippen LogP contribution in [0.5, 0.6) is 0 Å². The number of carbonyl (C=O) groups excluding carboxylic acids is 1. The first kappa shape index (κ1) is 12.3. The first-order valence-corrected chi connectivity index (χ1v) is 6.00. The summed E-state index contributed by atoms with van der Waals surface area (Å²) in [6.07, 6.45) is 6.06. The number of benzene rings is 1. The van der Waals surface area contributed by atoms with Crippen molar-refractivity contribution in [3.8, 4) is 0 Å². The van der Waals surface area contributed by atoms with Crippen LogP contribution in [-0.4, -0.2) is 15.6 Å². The van der Waals surface area contributed by atoms with E-state index < -0.39 is 0 Å². The lowest BCUT2D eigenvalue weighted by Gasteiger charge is -1.98. The van der Waals surface area contributed by atoms with Gasteiger partial charge in [-0.15, -0.1) is 0 Å². The zero-order valence-corrected chi connectivity index (χ0v) is 10.6. The van der Waals surface area contributed by atoms with Gasteiger partial charge in [-0.1, -0.05) is 37.3 Å². The average Bonchev–Trinajstić information content (AvgIpc) is 2.83. The Morgan fingerprint density at radius 1 is 1.28 bits per heavy atom. The van der Waals surface area contributed by atoms with Crippen molar-refractivity contribution in [2.45, 2.75) is 13.3 Å². The number of hydrogen-bond acceptors (Lipinski definition) is 2. The Kier molecular flexibility index (Phi) is 3.72. The number of aryl methyl sites for hydroxylation is 2. The predicted octanol–water partition coefficient (Wildman–Crippen LogP) is 2.88. The fourth-order valence-corrected chi connectivity index (χ4v) is 1.74. The van der Waals surface area contributed by atoms with Gasteiger partial charge < -0.3 is 0 Å². The van der Waals surface area contributed by atoms with Crippen LogP contribution in [0.15, 0.2) is 42.6 Å². The minimum absolute atomic E-state index is 0.0328. The second kappa shape index (κ2) is 5.45. The fourth-order valence-electron chi connectivity index (χ4n) is 1.74. The summed E-state index contributed by atoms with van der Waals surface area (Å²) in [5.41, 5.74) is 2.92. The van der Waals surface area contributed by atoms with Crippen molar-refractivity contribution in [3.05, 3.63) is 59.4 Å². The molecule has 0 unspecified atom stereocenters. The number of nitrogens with zero attached hydrogens (tertiary/aromatic N) is 2. The molecule has 0 aliphatic heterocycles. The number of hydrogen-bond donors (Lipinski definition) is 0. The van der Waals surface area contributed by atoms with E-state index in [4.69, 9.17) is 0 Å². The van der Waals surface area contributed by atoms with Gasteiger partial charge in [0.2, 0.25) is 5.78 Å². The Hall–Kier alpha value is -2.16. The number of aromatic nitrogens is 2. The summed E-state index contributed by atoms with van der Waals surface area (Å²) in [6, 6.07) is 9.91. The average molecular weight is 240 g/mol. The van der Waals surface area contributed by atoms with E-state index in [0.29, 0.717) is 5.69 Å². The zero-order valence-electron chi connectivity index (χ0n) is 10.6. The summed E-state index contributed by atoms with van der Waals surface area (Å²) < 4.78 is 1.58. The maximum atomic E-state index is 11.9. The molecule has 1 aromatic carbocycles. The molecular formula is C15H16N2O. The molecule has 0 aliphatic rings. The monoisotopic (exact) mass is 240 g/mol. The lowest BCUT2D eigenvalue weighted by atomic mass is 10.1. The van der Waals surface area contributed by atoms with Crippen molar-refractivity contribution < 1.29 is 4.79 Å². The first-order chi connectivity index (χ1) is 8.70. The molecular weight excluding hydrogens is 224 g/mol. The Bertz CT molecular complexity index is 564. The van der Waals surface area contributed by atoms with Crippen molar-refractivity contribution in [3.63, 3.8) is 0 Å². The lowest BCUT2D eigenvalue weighted by molar-refractivity contribution is 0.103. The Morgan fingerprint density at radius 3 is 2.56 bits per heavy atom. The van der Waals surface area contributed by atoms with Crippen LogP contribution in [-0.2, 0) is 13.5 Å². The van der Waals surface area contributed by atoms with E-state index in [1.165, 1.54) is 5.56 Å². The normalized spacial score (nSPS) is 11.0. The molecule has 2 aromatic rings. The van der Waals surface area contributed by atoms with Gasteiger partial charge in [0, 0.05) is 13.2 Å². The van der Waals surface area contributed by atoms with Crippen LogP contribution < -0.4 is 0 Å². The largest absolute Gasteiger partial charge is 0.288 e. The smallest absolute Gasteiger partial charge is 0.203 e. The highest BCUT2D eigenvalue weighted by atomic mass is 16.1. The number of allylic oxidation sites excluding steroid dienone is 1. The molecule has 2 rings (SSSR count). The Morgan fingerprint density at radius 2 is 2.00 bits per heavy atom. The van der Waals surface area contributed by atoms with Crippen LogP contribution in [0.25, 0.3) is 6.08 Å². The minimum atomic E-state index is -0.0328. The summed E-state index contributed by atoms with van der Waals surface area (Å²) in [7, 11) is 1.76. The molecule has 0 fully saturated rings. The molecule has 0 spiro atoms. The van der Waals surface area contributed by atoms with Crippen LogP contribution in [0.1, 0.15) is 28.5 Å². The van der Waals surface area contributed by atoms with Gasteiger partial charge in [-0.3, -0.25) is 9.48 Å². The van der Waals surface area contributed by atoms with Gasteiger partial charge in [0.1, 0.15) is 5.69 Å². The van der Waals surface area contributed by atoms with Gasteiger partial charge >= 0.3 is 0 Å². The van der Waals surface area contributed by atoms with Crippen molar-refractivity contribution in [1.29, 1.82) is 0 Å². The zero-order chi connectivity index (χ0) is 13.0. The molecule has 0 saturated heterocycles. The van der Waals surface area contributed by atoms with Gasteiger partial charge in [0.25, 0.3) is 0 Å². The molecule has 0 radical (unpaired) electrons. The standard InChI is InChI=1S/C15H16N2O/c1-3-12-4-6-13(7-5-12)8-9-15(18)14-10-11-16-17(14)2/h4-11H,3H2,1-2H3/b9-8+. The summed E-state index contributed by atoms with van der Waals surface area (Å²) >= 11 is 0. The molecule has 0 bridgehead atoms. The van der Waals surface area contributed by atoms with E-state index in [9.17, 15) is 4.79 Å². The van der Waals surface area contributed by atoms with E-state index >= 15 is 0 Å². The molecule has 1 aromatic heterocycles. The molecule has 0 N–H and O–H groups in total. The van der Waals surface area contributed by atoms with Crippen molar-refractivity contribution in [2.75, 3.05) is 0 Å². The van der Waals surface area contributed by atoms with Crippen LogP contribution in [0.2, 0.25) is 0 Å². The van der Waals surface area contributed by atoms with Crippen molar-refractivity contribution in [1.82, 2.24) is 9.78 Å². The second-order valence-electron chi connectivity index (χ2n) is 4.13. The SMILES string of the molecule is CCc1ccc(/C=C/C(=O)c2ccnn2C)cc1. The van der Waals surface area contributed by atoms with Gasteiger partial charge in [0.05, 0.1) is 0 Å². The fraction of sp³-hybridized carbons (Fsp3) is 0.200. The van der Waals surface area contributed by atoms with Gasteiger partial charge in [0.15, 0.2) is 0 Å². The highest BCUT2D eigenvalue weighted by molar-refractivity contribution is 6.05. The van der Waals surface area contributed by atoms with Gasteiger partial charge in [-0.25, -0.2) is 0 Å². The predicted molar refractivity (Wildman–Crippen MR) is 72.4 cm³/mol. The van der Waals surface area contributed by atoms with E-state index in [1.807, 2.05) is 18.2 Å². The Balaban J connectivity index is 2.11. The minimum Gasteiger partial charge on any atom is -0.288 e. The maximum Gasteiger partial charge on any atom is 0.203 e. The van der Waals surface area contributed by atoms with Gasteiger partial charge in [-0.05, 0) is 29.7 Å². The van der Waals surface area contributed by atoms with E-state index in [2.05, 4.69) is 24.2 Å². The molecule has 0 aliphatic carbocycles. The quantitative estimate of drug-likeness (QED) is 0.608. The molecule has 0 saturated carbocycles. The first-order valence-electron chi connectivity index (χ1n) is 6.00. The molecule has 3 heteroatoms. The van der Waals surface area contributed by atoms with Crippen LogP contribution in [0, 0.1) is 0 Å². The highest BCUT2D eigenvalue weighted by Gasteiger charge is 2.05. The van der Waals surface area contributed by atoms with E-state index in [0.717, 1.165) is 12.0 Å². The number of carbonyl (C=O) groups is 1. The van der Waals surface area contributed by atoms with Gasteiger partial charge in [-0.2, -0.15) is 5.10 Å². The summed E-state index contributed by atoms with van der Waals surface area (Å²) in [5, 5.41) is 3.98. The van der Waals surface area contributed by atoms with E-state index in [1.54, 1.807) is 30.1 Å².